The van der Waals surface area contributed by atoms with Crippen molar-refractivity contribution < 1.29 is 19.1 Å². The van der Waals surface area contributed by atoms with Gasteiger partial charge in [-0.15, -0.1) is 11.3 Å². The third-order valence-corrected chi connectivity index (χ3v) is 4.41. The number of halogens is 1. The second-order valence-electron chi connectivity index (χ2n) is 4.82. The summed E-state index contributed by atoms with van der Waals surface area (Å²) in [5, 5.41) is 10.6. The average molecular weight is 297 g/mol. The Hall–Kier alpha value is -1.96. The molecule has 20 heavy (non-hydrogen) atoms. The van der Waals surface area contributed by atoms with Crippen molar-refractivity contribution in [2.45, 2.75) is 18.5 Å². The van der Waals surface area contributed by atoms with Crippen molar-refractivity contribution in [3.05, 3.63) is 23.5 Å². The van der Waals surface area contributed by atoms with Crippen LogP contribution in [0.4, 0.5) is 4.39 Å². The number of hydrogen-bond donors (Lipinski definition) is 1. The first-order valence-corrected chi connectivity index (χ1v) is 6.97. The predicted octanol–water partition coefficient (Wildman–Crippen LogP) is 0.964. The first-order chi connectivity index (χ1) is 9.49. The van der Waals surface area contributed by atoms with Crippen molar-refractivity contribution in [2.75, 3.05) is 13.1 Å². The topological polar surface area (TPSA) is 74.9 Å². The van der Waals surface area contributed by atoms with Crippen LogP contribution in [0.15, 0.2) is 17.8 Å². The molecule has 1 amide bonds. The Kier molecular flexibility index (Phi) is 2.97. The van der Waals surface area contributed by atoms with E-state index < -0.39 is 11.6 Å². The van der Waals surface area contributed by atoms with Crippen LogP contribution >= 0.6 is 11.3 Å². The molecule has 3 heterocycles. The number of rotatable bonds is 3. The zero-order chi connectivity index (χ0) is 14.3. The SMILES string of the molecule is O=C(Cc1csc2nccn12)N1CCC(F)(C(=O)O)C1. The summed E-state index contributed by atoms with van der Waals surface area (Å²) in [6.07, 6.45) is 3.37. The average Bonchev–Trinajstić information content (AvgIpc) is 3.06. The molecule has 0 spiro atoms. The molecule has 1 aliphatic rings. The Bertz CT molecular complexity index is 682. The number of carbonyl (C=O) groups is 2. The number of amides is 1. The molecule has 0 bridgehead atoms. The van der Waals surface area contributed by atoms with Crippen molar-refractivity contribution in [1.29, 1.82) is 0 Å². The minimum atomic E-state index is -2.31. The maximum absolute atomic E-state index is 13.9. The van der Waals surface area contributed by atoms with Crippen molar-refractivity contribution in [3.8, 4) is 0 Å². The van der Waals surface area contributed by atoms with Crippen LogP contribution in [0.5, 0.6) is 0 Å². The zero-order valence-corrected chi connectivity index (χ0v) is 11.3. The van der Waals surface area contributed by atoms with Gasteiger partial charge >= 0.3 is 5.97 Å². The Morgan fingerprint density at radius 1 is 1.55 bits per heavy atom. The van der Waals surface area contributed by atoms with Crippen LogP contribution in [-0.2, 0) is 16.0 Å². The number of aliphatic carboxylic acids is 1. The first-order valence-electron chi connectivity index (χ1n) is 6.09. The standard InChI is InChI=1S/C12H12FN3O3S/c13-12(10(18)19)1-3-15(7-12)9(17)5-8-6-20-11-14-2-4-16(8)11/h2,4,6H,1,3,5,7H2,(H,18,19). The van der Waals surface area contributed by atoms with E-state index in [-0.39, 0.29) is 31.8 Å². The maximum atomic E-state index is 13.9. The molecule has 6 nitrogen and oxygen atoms in total. The molecule has 1 atom stereocenters. The number of likely N-dealkylation sites (tertiary alicyclic amines) is 1. The van der Waals surface area contributed by atoms with Crippen LogP contribution in [0.1, 0.15) is 12.1 Å². The second-order valence-corrected chi connectivity index (χ2v) is 5.66. The van der Waals surface area contributed by atoms with E-state index in [0.717, 1.165) is 10.7 Å². The van der Waals surface area contributed by atoms with Crippen LogP contribution in [0.3, 0.4) is 0 Å². The normalized spacial score (nSPS) is 22.6. The fourth-order valence-corrected chi connectivity index (χ4v) is 3.18. The molecule has 1 unspecified atom stereocenters. The van der Waals surface area contributed by atoms with Crippen molar-refractivity contribution in [3.63, 3.8) is 0 Å². The summed E-state index contributed by atoms with van der Waals surface area (Å²) < 4.78 is 15.7. The Balaban J connectivity index is 1.72. The maximum Gasteiger partial charge on any atom is 0.343 e. The van der Waals surface area contributed by atoms with Gasteiger partial charge in [0.25, 0.3) is 0 Å². The number of aromatic nitrogens is 2. The molecule has 8 heteroatoms. The van der Waals surface area contributed by atoms with E-state index in [1.54, 1.807) is 16.8 Å². The van der Waals surface area contributed by atoms with E-state index in [1.165, 1.54) is 16.2 Å². The van der Waals surface area contributed by atoms with Gasteiger partial charge in [0.15, 0.2) is 4.96 Å². The summed E-state index contributed by atoms with van der Waals surface area (Å²) in [6, 6.07) is 0. The van der Waals surface area contributed by atoms with E-state index in [1.807, 2.05) is 5.38 Å². The third kappa shape index (κ3) is 2.05. The summed E-state index contributed by atoms with van der Waals surface area (Å²) in [6.45, 7) is -0.239. The molecule has 3 rings (SSSR count). The zero-order valence-electron chi connectivity index (χ0n) is 10.5. The van der Waals surface area contributed by atoms with E-state index >= 15 is 0 Å². The summed E-state index contributed by atoms with van der Waals surface area (Å²) in [5.41, 5.74) is -1.53. The monoisotopic (exact) mass is 297 g/mol. The molecular weight excluding hydrogens is 285 g/mol. The highest BCUT2D eigenvalue weighted by Crippen LogP contribution is 2.26. The van der Waals surface area contributed by atoms with E-state index in [9.17, 15) is 14.0 Å². The fourth-order valence-electron chi connectivity index (χ4n) is 2.33. The number of carboxylic acids is 1. The van der Waals surface area contributed by atoms with Crippen molar-refractivity contribution in [2.24, 2.45) is 0 Å². The van der Waals surface area contributed by atoms with Gasteiger partial charge in [-0.25, -0.2) is 14.2 Å². The summed E-state index contributed by atoms with van der Waals surface area (Å²) in [7, 11) is 0. The molecule has 0 saturated carbocycles. The number of carboxylic acid groups (broad SMARTS) is 1. The van der Waals surface area contributed by atoms with Crippen LogP contribution in [0, 0.1) is 0 Å². The van der Waals surface area contributed by atoms with Crippen LogP contribution < -0.4 is 0 Å². The second kappa shape index (κ2) is 4.55. The molecule has 0 aliphatic carbocycles. The smallest absolute Gasteiger partial charge is 0.343 e. The van der Waals surface area contributed by atoms with Crippen molar-refractivity contribution in [1.82, 2.24) is 14.3 Å². The van der Waals surface area contributed by atoms with Gasteiger partial charge in [-0.2, -0.15) is 0 Å². The molecule has 2 aromatic heterocycles. The number of thiazole rings is 1. The predicted molar refractivity (Wildman–Crippen MR) is 69.4 cm³/mol. The fraction of sp³-hybridized carbons (Fsp3) is 0.417. The molecule has 2 aromatic rings. The number of nitrogens with zero attached hydrogens (tertiary/aromatic N) is 3. The molecule has 0 aromatic carbocycles. The van der Waals surface area contributed by atoms with E-state index in [2.05, 4.69) is 4.98 Å². The summed E-state index contributed by atoms with van der Waals surface area (Å²) >= 11 is 1.42. The third-order valence-electron chi connectivity index (χ3n) is 3.50. The number of hydrogen-bond acceptors (Lipinski definition) is 4. The van der Waals surface area contributed by atoms with Gasteiger partial charge in [0, 0.05) is 36.4 Å². The van der Waals surface area contributed by atoms with Crippen molar-refractivity contribution >= 4 is 28.2 Å². The summed E-state index contributed by atoms with van der Waals surface area (Å²) in [4.78, 5) is 29.1. The van der Waals surface area contributed by atoms with Gasteiger partial charge in [-0.05, 0) is 0 Å². The lowest BCUT2D eigenvalue weighted by atomic mass is 10.1. The van der Waals surface area contributed by atoms with Crippen LogP contribution in [-0.4, -0.2) is 50.0 Å². The minimum absolute atomic E-state index is 0.117. The molecule has 0 radical (unpaired) electrons. The van der Waals surface area contributed by atoms with Gasteiger partial charge in [0.05, 0.1) is 13.0 Å². The van der Waals surface area contributed by atoms with Crippen LogP contribution in [0.2, 0.25) is 0 Å². The lowest BCUT2D eigenvalue weighted by Crippen LogP contribution is -2.39. The van der Waals surface area contributed by atoms with E-state index in [4.69, 9.17) is 5.11 Å². The highest BCUT2D eigenvalue weighted by molar-refractivity contribution is 7.15. The number of imidazole rings is 1. The summed E-state index contributed by atoms with van der Waals surface area (Å²) in [5.74, 6) is -1.76. The molecule has 1 N–H and O–H groups in total. The quantitative estimate of drug-likeness (QED) is 0.916. The van der Waals surface area contributed by atoms with Gasteiger partial charge in [-0.3, -0.25) is 9.20 Å². The molecule has 1 saturated heterocycles. The lowest BCUT2D eigenvalue weighted by molar-refractivity contribution is -0.150. The molecule has 106 valence electrons. The highest BCUT2D eigenvalue weighted by atomic mass is 32.1. The minimum Gasteiger partial charge on any atom is -0.479 e. The van der Waals surface area contributed by atoms with Crippen LogP contribution in [0.25, 0.3) is 4.96 Å². The Morgan fingerprint density at radius 3 is 3.05 bits per heavy atom. The Morgan fingerprint density at radius 2 is 2.35 bits per heavy atom. The number of alkyl halides is 1. The molecule has 1 aliphatic heterocycles. The molecular formula is C12H12FN3O3S. The lowest BCUT2D eigenvalue weighted by Gasteiger charge is -2.17. The first kappa shape index (κ1) is 13.0. The van der Waals surface area contributed by atoms with Gasteiger partial charge in [0.1, 0.15) is 0 Å². The number of carbonyl (C=O) groups excluding carboxylic acids is 1. The number of fused-ring (bicyclic) bond motifs is 1. The Labute approximate surface area is 117 Å². The highest BCUT2D eigenvalue weighted by Gasteiger charge is 2.46. The molecule has 1 fully saturated rings. The largest absolute Gasteiger partial charge is 0.479 e. The van der Waals surface area contributed by atoms with Gasteiger partial charge in [-0.1, -0.05) is 0 Å². The van der Waals surface area contributed by atoms with Gasteiger partial charge in [0.2, 0.25) is 11.6 Å². The van der Waals surface area contributed by atoms with E-state index in [0.29, 0.717) is 0 Å². The van der Waals surface area contributed by atoms with Gasteiger partial charge < -0.3 is 10.0 Å².